The number of anilines is 1. The number of aromatic nitrogens is 1. The zero-order valence-electron chi connectivity index (χ0n) is 10.1. The van der Waals surface area contributed by atoms with E-state index in [1.807, 2.05) is 18.5 Å². The lowest BCUT2D eigenvalue weighted by Crippen LogP contribution is -2.01. The Hall–Kier alpha value is -1.48. The van der Waals surface area contributed by atoms with E-state index in [0.29, 0.717) is 0 Å². The lowest BCUT2D eigenvalue weighted by Gasteiger charge is -2.09. The third-order valence-electron chi connectivity index (χ3n) is 2.68. The van der Waals surface area contributed by atoms with Crippen molar-refractivity contribution in [2.75, 3.05) is 11.6 Å². The number of hydrogen-bond donors (Lipinski definition) is 1. The van der Waals surface area contributed by atoms with Gasteiger partial charge in [0.15, 0.2) is 0 Å². The van der Waals surface area contributed by atoms with E-state index in [2.05, 4.69) is 47.7 Å². The van der Waals surface area contributed by atoms with Gasteiger partial charge in [-0.15, -0.1) is 11.8 Å². The van der Waals surface area contributed by atoms with Crippen molar-refractivity contribution in [3.63, 3.8) is 0 Å². The van der Waals surface area contributed by atoms with E-state index in [0.717, 1.165) is 12.2 Å². The van der Waals surface area contributed by atoms with Crippen LogP contribution in [0.5, 0.6) is 0 Å². The van der Waals surface area contributed by atoms with E-state index in [1.54, 1.807) is 11.8 Å². The summed E-state index contributed by atoms with van der Waals surface area (Å²) >= 11 is 1.76. The molecule has 2 aromatic rings. The average molecular weight is 244 g/mol. The first-order valence-corrected chi connectivity index (χ1v) is 6.79. The van der Waals surface area contributed by atoms with Crippen molar-refractivity contribution in [3.05, 3.63) is 53.9 Å². The summed E-state index contributed by atoms with van der Waals surface area (Å²) in [5.41, 5.74) is 3.60. The number of nitrogens with zero attached hydrogens (tertiary/aromatic N) is 1. The number of nitrogens with one attached hydrogen (secondary N) is 1. The number of benzene rings is 1. The Labute approximate surface area is 106 Å². The van der Waals surface area contributed by atoms with Crippen LogP contribution in [0.25, 0.3) is 0 Å². The fraction of sp³-hybridized carbons (Fsp3) is 0.214. The highest BCUT2D eigenvalue weighted by molar-refractivity contribution is 7.98. The predicted octanol–water partition coefficient (Wildman–Crippen LogP) is 3.72. The molecule has 1 N–H and O–H groups in total. The van der Waals surface area contributed by atoms with E-state index in [9.17, 15) is 0 Å². The highest BCUT2D eigenvalue weighted by Crippen LogP contribution is 2.16. The number of hydrogen-bond acceptors (Lipinski definition) is 3. The van der Waals surface area contributed by atoms with Gasteiger partial charge in [-0.3, -0.25) is 4.98 Å². The van der Waals surface area contributed by atoms with Crippen LogP contribution in [0, 0.1) is 6.92 Å². The Morgan fingerprint density at radius 2 is 1.94 bits per heavy atom. The first kappa shape index (κ1) is 12.0. The maximum absolute atomic E-state index is 4.12. The number of rotatable bonds is 4. The maximum Gasteiger partial charge on any atom is 0.0559 e. The van der Waals surface area contributed by atoms with Gasteiger partial charge in [0.1, 0.15) is 0 Å². The summed E-state index contributed by atoms with van der Waals surface area (Å²) in [6, 6.07) is 10.6. The molecule has 1 heterocycles. The molecule has 0 aliphatic rings. The van der Waals surface area contributed by atoms with Crippen LogP contribution < -0.4 is 5.32 Å². The van der Waals surface area contributed by atoms with Gasteiger partial charge < -0.3 is 5.32 Å². The van der Waals surface area contributed by atoms with E-state index in [4.69, 9.17) is 0 Å². The molecule has 2 rings (SSSR count). The predicted molar refractivity (Wildman–Crippen MR) is 74.5 cm³/mol. The summed E-state index contributed by atoms with van der Waals surface area (Å²) in [4.78, 5) is 5.42. The van der Waals surface area contributed by atoms with E-state index in [1.165, 1.54) is 16.0 Å². The van der Waals surface area contributed by atoms with Gasteiger partial charge in [0.25, 0.3) is 0 Å². The highest BCUT2D eigenvalue weighted by Gasteiger charge is 1.97. The summed E-state index contributed by atoms with van der Waals surface area (Å²) in [6.07, 6.45) is 5.77. The Balaban J connectivity index is 2.00. The molecule has 0 atom stereocenters. The normalized spacial score (nSPS) is 10.2. The van der Waals surface area contributed by atoms with Gasteiger partial charge in [-0.05, 0) is 42.5 Å². The summed E-state index contributed by atoms with van der Waals surface area (Å²) in [7, 11) is 0. The van der Waals surface area contributed by atoms with Crippen LogP contribution in [0.2, 0.25) is 0 Å². The monoisotopic (exact) mass is 244 g/mol. The summed E-state index contributed by atoms with van der Waals surface area (Å²) < 4.78 is 0. The molecular formula is C14H16N2S. The van der Waals surface area contributed by atoms with Crippen LogP contribution in [-0.4, -0.2) is 11.2 Å². The van der Waals surface area contributed by atoms with Crippen molar-refractivity contribution in [2.24, 2.45) is 0 Å². The zero-order chi connectivity index (χ0) is 12.1. The molecule has 0 unspecified atom stereocenters. The van der Waals surface area contributed by atoms with Gasteiger partial charge in [0, 0.05) is 17.6 Å². The molecule has 3 heteroatoms. The van der Waals surface area contributed by atoms with Gasteiger partial charge in [-0.1, -0.05) is 12.1 Å². The highest BCUT2D eigenvalue weighted by atomic mass is 32.2. The third kappa shape index (κ3) is 3.24. The first-order chi connectivity index (χ1) is 8.29. The minimum absolute atomic E-state index is 0.835. The molecule has 0 fully saturated rings. The minimum Gasteiger partial charge on any atom is -0.380 e. The summed E-state index contributed by atoms with van der Waals surface area (Å²) in [6.45, 7) is 2.92. The Morgan fingerprint density at radius 1 is 1.18 bits per heavy atom. The lowest BCUT2D eigenvalue weighted by molar-refractivity contribution is 1.12. The van der Waals surface area contributed by atoms with Crippen LogP contribution in [0.1, 0.15) is 11.1 Å². The lowest BCUT2D eigenvalue weighted by atomic mass is 10.2. The van der Waals surface area contributed by atoms with Crippen molar-refractivity contribution in [1.82, 2.24) is 4.98 Å². The van der Waals surface area contributed by atoms with E-state index < -0.39 is 0 Å². The van der Waals surface area contributed by atoms with Gasteiger partial charge in [0.05, 0.1) is 11.9 Å². The van der Waals surface area contributed by atoms with Crippen molar-refractivity contribution in [1.29, 1.82) is 0 Å². The standard InChI is InChI=1S/C14H16N2S/c1-11-7-8-15-10-14(11)16-9-12-3-5-13(17-2)6-4-12/h3-8,10,16H,9H2,1-2H3. The van der Waals surface area contributed by atoms with E-state index >= 15 is 0 Å². The summed E-state index contributed by atoms with van der Waals surface area (Å²) in [5, 5.41) is 3.40. The Morgan fingerprint density at radius 3 is 2.59 bits per heavy atom. The summed E-state index contributed by atoms with van der Waals surface area (Å²) in [5.74, 6) is 0. The minimum atomic E-state index is 0.835. The molecule has 88 valence electrons. The fourth-order valence-corrected chi connectivity index (χ4v) is 2.00. The zero-order valence-corrected chi connectivity index (χ0v) is 10.9. The van der Waals surface area contributed by atoms with E-state index in [-0.39, 0.29) is 0 Å². The van der Waals surface area contributed by atoms with Crippen LogP contribution in [0.4, 0.5) is 5.69 Å². The molecule has 17 heavy (non-hydrogen) atoms. The Bertz CT molecular complexity index is 480. The molecular weight excluding hydrogens is 228 g/mol. The van der Waals surface area contributed by atoms with Crippen molar-refractivity contribution < 1.29 is 0 Å². The van der Waals surface area contributed by atoms with Gasteiger partial charge in [-0.25, -0.2) is 0 Å². The number of pyridine rings is 1. The van der Waals surface area contributed by atoms with Crippen molar-refractivity contribution in [2.45, 2.75) is 18.4 Å². The molecule has 0 saturated carbocycles. The quantitative estimate of drug-likeness (QED) is 0.830. The second-order valence-corrected chi connectivity index (χ2v) is 4.77. The molecule has 2 nitrogen and oxygen atoms in total. The second kappa shape index (κ2) is 5.73. The van der Waals surface area contributed by atoms with Crippen LogP contribution >= 0.6 is 11.8 Å². The molecule has 0 saturated heterocycles. The molecule has 0 aliphatic heterocycles. The molecule has 0 radical (unpaired) electrons. The Kier molecular flexibility index (Phi) is 4.04. The first-order valence-electron chi connectivity index (χ1n) is 5.57. The number of aryl methyl sites for hydroxylation is 1. The van der Waals surface area contributed by atoms with Crippen molar-refractivity contribution in [3.8, 4) is 0 Å². The average Bonchev–Trinajstić information content (AvgIpc) is 2.38. The molecule has 1 aromatic heterocycles. The van der Waals surface area contributed by atoms with Crippen molar-refractivity contribution >= 4 is 17.4 Å². The molecule has 0 spiro atoms. The van der Waals surface area contributed by atoms with Crippen LogP contribution in [0.15, 0.2) is 47.6 Å². The number of thioether (sulfide) groups is 1. The topological polar surface area (TPSA) is 24.9 Å². The largest absolute Gasteiger partial charge is 0.380 e. The van der Waals surface area contributed by atoms with Gasteiger partial charge >= 0.3 is 0 Å². The molecule has 0 amide bonds. The smallest absolute Gasteiger partial charge is 0.0559 e. The van der Waals surface area contributed by atoms with Crippen LogP contribution in [0.3, 0.4) is 0 Å². The molecule has 1 aromatic carbocycles. The van der Waals surface area contributed by atoms with Gasteiger partial charge in [0.2, 0.25) is 0 Å². The SMILES string of the molecule is CSc1ccc(CNc2cnccc2C)cc1. The van der Waals surface area contributed by atoms with Crippen LogP contribution in [-0.2, 0) is 6.54 Å². The molecule has 0 bridgehead atoms. The fourth-order valence-electron chi connectivity index (χ4n) is 1.59. The van der Waals surface area contributed by atoms with Gasteiger partial charge in [-0.2, -0.15) is 0 Å². The maximum atomic E-state index is 4.12. The molecule has 0 aliphatic carbocycles. The third-order valence-corrected chi connectivity index (χ3v) is 3.42. The second-order valence-electron chi connectivity index (χ2n) is 3.89.